The Labute approximate surface area is 124 Å². The van der Waals surface area contributed by atoms with Crippen LogP contribution in [0.25, 0.3) is 11.0 Å². The topological polar surface area (TPSA) is 42.7 Å². The molecule has 0 fully saturated rings. The zero-order chi connectivity index (χ0) is 15.0. The molecule has 0 bridgehead atoms. The van der Waals surface area contributed by atoms with Crippen LogP contribution in [0.2, 0.25) is 0 Å². The molecule has 3 rings (SSSR count). The van der Waals surface area contributed by atoms with Crippen LogP contribution in [-0.2, 0) is 13.0 Å². The second kappa shape index (κ2) is 5.53. The molecule has 21 heavy (non-hydrogen) atoms. The number of aryl methyl sites for hydroxylation is 1. The van der Waals surface area contributed by atoms with Crippen molar-refractivity contribution in [3.63, 3.8) is 0 Å². The van der Waals surface area contributed by atoms with Gasteiger partial charge in [0.1, 0.15) is 18.1 Å². The average molecular weight is 287 g/mol. The van der Waals surface area contributed by atoms with E-state index in [1.165, 1.54) is 0 Å². The predicted octanol–water partition coefficient (Wildman–Crippen LogP) is 3.31. The predicted molar refractivity (Wildman–Crippen MR) is 82.7 cm³/mol. The van der Waals surface area contributed by atoms with Crippen molar-refractivity contribution in [1.29, 1.82) is 0 Å². The van der Waals surface area contributed by atoms with Crippen LogP contribution >= 0.6 is 0 Å². The molecule has 112 valence electrons. The summed E-state index contributed by atoms with van der Waals surface area (Å²) in [5.74, 6) is 0.830. The molecular weight excluding hydrogens is 266 g/mol. The van der Waals surface area contributed by atoms with Crippen molar-refractivity contribution in [2.75, 3.05) is 6.73 Å². The van der Waals surface area contributed by atoms with Gasteiger partial charge in [-0.2, -0.15) is 0 Å². The molecule has 0 radical (unpaired) electrons. The maximum Gasteiger partial charge on any atom is 0.336 e. The van der Waals surface area contributed by atoms with Crippen LogP contribution in [0.3, 0.4) is 0 Å². The van der Waals surface area contributed by atoms with E-state index in [1.54, 1.807) is 6.07 Å². The fraction of sp³-hybridized carbons (Fsp3) is 0.471. The van der Waals surface area contributed by atoms with E-state index in [4.69, 9.17) is 9.15 Å². The Bertz CT molecular complexity index is 718. The van der Waals surface area contributed by atoms with Crippen molar-refractivity contribution in [3.8, 4) is 5.75 Å². The lowest BCUT2D eigenvalue weighted by Gasteiger charge is -2.32. The van der Waals surface area contributed by atoms with E-state index in [0.29, 0.717) is 18.4 Å². The van der Waals surface area contributed by atoms with Crippen molar-refractivity contribution in [1.82, 2.24) is 4.90 Å². The van der Waals surface area contributed by atoms with Gasteiger partial charge >= 0.3 is 5.63 Å². The zero-order valence-electron chi connectivity index (χ0n) is 12.8. The Morgan fingerprint density at radius 1 is 1.33 bits per heavy atom. The number of hydrogen-bond acceptors (Lipinski definition) is 4. The van der Waals surface area contributed by atoms with Crippen LogP contribution in [0.5, 0.6) is 5.75 Å². The van der Waals surface area contributed by atoms with E-state index in [1.807, 2.05) is 12.1 Å². The smallest absolute Gasteiger partial charge is 0.336 e. The van der Waals surface area contributed by atoms with Gasteiger partial charge < -0.3 is 9.15 Å². The lowest BCUT2D eigenvalue weighted by Crippen LogP contribution is -2.37. The number of nitrogens with zero attached hydrogens (tertiary/aromatic N) is 1. The van der Waals surface area contributed by atoms with Gasteiger partial charge in [-0.1, -0.05) is 13.3 Å². The normalized spacial score (nSPS) is 15.2. The van der Waals surface area contributed by atoms with Crippen molar-refractivity contribution in [3.05, 3.63) is 39.7 Å². The molecule has 0 amide bonds. The van der Waals surface area contributed by atoms with Crippen LogP contribution < -0.4 is 10.4 Å². The van der Waals surface area contributed by atoms with Gasteiger partial charge in [0, 0.05) is 24.0 Å². The molecule has 2 aromatic rings. The average Bonchev–Trinajstić information content (AvgIpc) is 2.46. The van der Waals surface area contributed by atoms with Gasteiger partial charge in [0.15, 0.2) is 0 Å². The standard InChI is InChI=1S/C17H21NO3/c1-4-5-12-8-16(19)21-17-13(12)6-7-15-14(17)9-18(10-20-15)11(2)3/h6-8,11H,4-5,9-10H2,1-3H3. The van der Waals surface area contributed by atoms with Crippen molar-refractivity contribution >= 4 is 11.0 Å². The molecule has 0 saturated heterocycles. The number of fused-ring (bicyclic) bond motifs is 3. The molecule has 0 unspecified atom stereocenters. The van der Waals surface area contributed by atoms with Gasteiger partial charge in [-0.15, -0.1) is 0 Å². The van der Waals surface area contributed by atoms with Crippen molar-refractivity contribution in [2.45, 2.75) is 46.2 Å². The third-order valence-electron chi connectivity index (χ3n) is 4.05. The second-order valence-electron chi connectivity index (χ2n) is 5.87. The minimum Gasteiger partial charge on any atom is -0.478 e. The summed E-state index contributed by atoms with van der Waals surface area (Å²) < 4.78 is 11.3. The third-order valence-corrected chi connectivity index (χ3v) is 4.05. The van der Waals surface area contributed by atoms with Gasteiger partial charge in [0.05, 0.1) is 5.56 Å². The van der Waals surface area contributed by atoms with Crippen LogP contribution in [-0.4, -0.2) is 17.7 Å². The first-order valence-corrected chi connectivity index (χ1v) is 7.55. The summed E-state index contributed by atoms with van der Waals surface area (Å²) in [6.45, 7) is 7.72. The third kappa shape index (κ3) is 2.56. The molecule has 0 atom stereocenters. The Morgan fingerprint density at radius 3 is 2.86 bits per heavy atom. The van der Waals surface area contributed by atoms with Crippen LogP contribution in [0.1, 0.15) is 38.3 Å². The molecule has 1 aliphatic rings. The quantitative estimate of drug-likeness (QED) is 0.812. The highest BCUT2D eigenvalue weighted by Gasteiger charge is 2.23. The van der Waals surface area contributed by atoms with Gasteiger partial charge in [-0.3, -0.25) is 4.90 Å². The highest BCUT2D eigenvalue weighted by molar-refractivity contribution is 5.85. The van der Waals surface area contributed by atoms with Crippen molar-refractivity contribution in [2.24, 2.45) is 0 Å². The highest BCUT2D eigenvalue weighted by atomic mass is 16.5. The first-order chi connectivity index (χ1) is 10.1. The summed E-state index contributed by atoms with van der Waals surface area (Å²) in [6, 6.07) is 6.00. The minimum atomic E-state index is -0.277. The van der Waals surface area contributed by atoms with Gasteiger partial charge in [0.25, 0.3) is 0 Å². The van der Waals surface area contributed by atoms with Crippen molar-refractivity contribution < 1.29 is 9.15 Å². The first kappa shape index (κ1) is 14.1. The molecule has 0 aliphatic carbocycles. The SMILES string of the molecule is CCCc1cc(=O)oc2c3c(ccc12)OCN(C(C)C)C3. The van der Waals surface area contributed by atoms with Gasteiger partial charge in [0.2, 0.25) is 0 Å². The molecule has 0 saturated carbocycles. The minimum absolute atomic E-state index is 0.277. The summed E-state index contributed by atoms with van der Waals surface area (Å²) >= 11 is 0. The Kier molecular flexibility index (Phi) is 3.72. The fourth-order valence-corrected chi connectivity index (χ4v) is 2.82. The fourth-order valence-electron chi connectivity index (χ4n) is 2.82. The van der Waals surface area contributed by atoms with E-state index in [9.17, 15) is 4.79 Å². The van der Waals surface area contributed by atoms with E-state index in [0.717, 1.165) is 41.6 Å². The van der Waals surface area contributed by atoms with E-state index in [2.05, 4.69) is 25.7 Å². The Morgan fingerprint density at radius 2 is 2.14 bits per heavy atom. The Hall–Kier alpha value is -1.81. The Balaban J connectivity index is 2.19. The summed E-state index contributed by atoms with van der Waals surface area (Å²) in [6.07, 6.45) is 1.89. The number of ether oxygens (including phenoxy) is 1. The lowest BCUT2D eigenvalue weighted by molar-refractivity contribution is 0.0689. The molecule has 0 spiro atoms. The van der Waals surface area contributed by atoms with E-state index >= 15 is 0 Å². The lowest BCUT2D eigenvalue weighted by atomic mass is 10.0. The zero-order valence-corrected chi connectivity index (χ0v) is 12.8. The summed E-state index contributed by atoms with van der Waals surface area (Å²) in [4.78, 5) is 14.1. The molecule has 1 aromatic carbocycles. The second-order valence-corrected chi connectivity index (χ2v) is 5.87. The molecule has 2 heterocycles. The highest BCUT2D eigenvalue weighted by Crippen LogP contribution is 2.33. The summed E-state index contributed by atoms with van der Waals surface area (Å²) in [5.41, 5.74) is 2.46. The molecular formula is C17H21NO3. The van der Waals surface area contributed by atoms with Crippen LogP contribution in [0.15, 0.2) is 27.4 Å². The monoisotopic (exact) mass is 287 g/mol. The van der Waals surface area contributed by atoms with E-state index in [-0.39, 0.29) is 5.63 Å². The largest absolute Gasteiger partial charge is 0.478 e. The van der Waals surface area contributed by atoms with Crippen LogP contribution in [0, 0.1) is 0 Å². The van der Waals surface area contributed by atoms with Gasteiger partial charge in [-0.25, -0.2) is 4.79 Å². The molecule has 1 aliphatic heterocycles. The number of rotatable bonds is 3. The molecule has 1 aromatic heterocycles. The molecule has 0 N–H and O–H groups in total. The number of hydrogen-bond donors (Lipinski definition) is 0. The maximum atomic E-state index is 11.9. The molecule has 4 heteroatoms. The van der Waals surface area contributed by atoms with E-state index < -0.39 is 0 Å². The summed E-state index contributed by atoms with van der Waals surface area (Å²) in [5, 5.41) is 1.03. The first-order valence-electron chi connectivity index (χ1n) is 7.55. The van der Waals surface area contributed by atoms with Gasteiger partial charge in [-0.05, 0) is 38.0 Å². The van der Waals surface area contributed by atoms with Crippen LogP contribution in [0.4, 0.5) is 0 Å². The number of benzene rings is 1. The molecule has 4 nitrogen and oxygen atoms in total. The summed E-state index contributed by atoms with van der Waals surface area (Å²) in [7, 11) is 0. The maximum absolute atomic E-state index is 11.9.